The Labute approximate surface area is 352 Å². The number of furan rings is 1. The summed E-state index contributed by atoms with van der Waals surface area (Å²) in [5, 5.41) is -6.72. The van der Waals surface area contributed by atoms with Crippen LogP contribution in [0.3, 0.4) is 0 Å². The summed E-state index contributed by atoms with van der Waals surface area (Å²) in [5.41, 5.74) is -7.99. The first-order valence-corrected chi connectivity index (χ1v) is 15.7. The first-order valence-electron chi connectivity index (χ1n) is 31.7. The summed E-state index contributed by atoms with van der Waals surface area (Å²) in [7, 11) is 0. The molecule has 0 spiro atoms. The van der Waals surface area contributed by atoms with Gasteiger partial charge in [-0.1, -0.05) is 157 Å². The number of benzene rings is 10. The molecule has 1 nitrogen and oxygen atoms in total. The molecule has 0 saturated carbocycles. The van der Waals surface area contributed by atoms with Crippen molar-refractivity contribution in [2.75, 3.05) is 0 Å². The highest BCUT2D eigenvalue weighted by Crippen LogP contribution is 2.46. The van der Waals surface area contributed by atoms with E-state index in [1.165, 1.54) is 0 Å². The average molecular weight is 705 g/mol. The molecule has 53 heavy (non-hydrogen) atoms. The van der Waals surface area contributed by atoms with Crippen LogP contribution in [0.4, 0.5) is 0 Å². The molecule has 246 valence electrons. The maximum atomic E-state index is 9.96. The van der Waals surface area contributed by atoms with Gasteiger partial charge in [0.25, 0.3) is 0 Å². The van der Waals surface area contributed by atoms with Crippen LogP contribution in [0.25, 0.3) is 110 Å². The van der Waals surface area contributed by atoms with Gasteiger partial charge in [-0.2, -0.15) is 0 Å². The first-order chi connectivity index (χ1) is 39.6. The smallest absolute Gasteiger partial charge is 0.136 e. The van der Waals surface area contributed by atoms with E-state index in [0.29, 0.717) is 0 Å². The topological polar surface area (TPSA) is 13.1 Å². The van der Waals surface area contributed by atoms with E-state index in [4.69, 9.17) is 29.1 Å². The third-order valence-corrected chi connectivity index (χ3v) is 8.57. The molecule has 11 aromatic rings. The van der Waals surface area contributed by atoms with Crippen molar-refractivity contribution in [3.63, 3.8) is 0 Å². The van der Waals surface area contributed by atoms with E-state index in [1.807, 2.05) is 0 Å². The van der Waals surface area contributed by atoms with Crippen molar-refractivity contribution in [3.8, 4) is 44.5 Å². The molecule has 1 heterocycles. The summed E-state index contributed by atoms with van der Waals surface area (Å²) in [6.07, 6.45) is 0. The lowest BCUT2D eigenvalue weighted by atomic mass is 9.84. The van der Waals surface area contributed by atoms with E-state index in [9.17, 15) is 19.2 Å². The van der Waals surface area contributed by atoms with Gasteiger partial charge in [0.1, 0.15) is 11.2 Å². The number of fused-ring (bicyclic) bond motifs is 7. The Hall–Kier alpha value is -6.96. The van der Waals surface area contributed by atoms with Gasteiger partial charge in [-0.25, -0.2) is 0 Å². The summed E-state index contributed by atoms with van der Waals surface area (Å²) < 4.78 is 296. The van der Waals surface area contributed by atoms with E-state index in [1.54, 1.807) is 0 Å². The fourth-order valence-electron chi connectivity index (χ4n) is 6.26. The molecule has 0 aliphatic heterocycles. The lowest BCUT2D eigenvalue weighted by molar-refractivity contribution is 0.669. The van der Waals surface area contributed by atoms with Crippen molar-refractivity contribution in [2.45, 2.75) is 0 Å². The minimum Gasteiger partial charge on any atom is -0.456 e. The predicted octanol–water partition coefficient (Wildman–Crippen LogP) is 14.9. The molecule has 0 saturated heterocycles. The lowest BCUT2D eigenvalue weighted by Gasteiger charge is -2.19. The van der Waals surface area contributed by atoms with Crippen LogP contribution in [0.15, 0.2) is 198 Å². The molecule has 1 aromatic heterocycles. The minimum absolute atomic E-state index is 0.518. The molecule has 0 fully saturated rings. The second kappa shape index (κ2) is 11.8. The van der Waals surface area contributed by atoms with Crippen molar-refractivity contribution in [2.24, 2.45) is 0 Å². The Morgan fingerprint density at radius 2 is 0.755 bits per heavy atom. The lowest BCUT2D eigenvalue weighted by Crippen LogP contribution is -1.92. The fraction of sp³-hybridized carbons (Fsp3) is 0. The summed E-state index contributed by atoms with van der Waals surface area (Å²) in [6.45, 7) is 0. The highest BCUT2D eigenvalue weighted by molar-refractivity contribution is 6.23. The first kappa shape index (κ1) is 12.0. The number of hydrogen-bond donors (Lipinski definition) is 0. The monoisotopic (exact) mass is 704 g/mol. The van der Waals surface area contributed by atoms with Gasteiger partial charge in [-0.05, 0) is 124 Å². The zero-order chi connectivity index (χ0) is 62.7. The summed E-state index contributed by atoms with van der Waals surface area (Å²) in [6, 6.07) is -30.7. The minimum atomic E-state index is -1.14. The number of hydrogen-bond acceptors (Lipinski definition) is 1. The zero-order valence-electron chi connectivity index (χ0n) is 58.4. The third kappa shape index (κ3) is 4.79. The molecule has 10 aromatic carbocycles. The quantitative estimate of drug-likeness (QED) is 0.166. The maximum Gasteiger partial charge on any atom is 0.136 e. The number of rotatable bonds is 4. The Bertz CT molecular complexity index is 4990. The second-order valence-electron chi connectivity index (χ2n) is 11.5. The predicted molar refractivity (Wildman–Crippen MR) is 225 cm³/mol. The fourth-order valence-corrected chi connectivity index (χ4v) is 6.26. The van der Waals surface area contributed by atoms with Gasteiger partial charge < -0.3 is 4.42 Å². The van der Waals surface area contributed by atoms with Gasteiger partial charge in [0.2, 0.25) is 0 Å². The second-order valence-corrected chi connectivity index (χ2v) is 11.5. The molecule has 11 rings (SSSR count). The molecule has 1 heteroatoms. The van der Waals surface area contributed by atoms with E-state index < -0.39 is 303 Å². The van der Waals surface area contributed by atoms with Crippen LogP contribution in [-0.4, -0.2) is 0 Å². The van der Waals surface area contributed by atoms with E-state index >= 15 is 0 Å². The van der Waals surface area contributed by atoms with Crippen LogP contribution < -0.4 is 0 Å². The SMILES string of the molecule is [2H]c1c([2H])c(-c2c([2H])c([2H])c3c(oc4c([2H])c(-c5c([2H])c([2H])c6c([2H])c([2H])c([2H])c([2H])c6c5[2H])c([2H])c([2H])c43)c2[2H])c([2H])c(-c2c3c([2H])c([2H])c([2H])c([2H])c3c(-c3c([2H])c([2H])c([2H])c4c([2H])c([2H])c([2H])c([2H])c34)c3c([2H])c([2H])c([2H])c([2H])c23)c1[2H]. The van der Waals surface area contributed by atoms with Crippen molar-refractivity contribution in [1.82, 2.24) is 0 Å². The van der Waals surface area contributed by atoms with E-state index in [-0.39, 0.29) is 0 Å². The van der Waals surface area contributed by atoms with Crippen molar-refractivity contribution >= 4 is 65.0 Å². The molecule has 0 radical (unpaired) electrons. The zero-order valence-corrected chi connectivity index (χ0v) is 26.4. The van der Waals surface area contributed by atoms with Gasteiger partial charge in [-0.3, -0.25) is 0 Å². The molecule has 0 unspecified atom stereocenters. The summed E-state index contributed by atoms with van der Waals surface area (Å²) in [4.78, 5) is 0. The molecule has 0 N–H and O–H groups in total. The van der Waals surface area contributed by atoms with Crippen LogP contribution in [0.5, 0.6) is 0 Å². The molecule has 0 amide bonds. The molecule has 0 bridgehead atoms. The van der Waals surface area contributed by atoms with Crippen LogP contribution in [0.1, 0.15) is 43.9 Å². The van der Waals surface area contributed by atoms with E-state index in [2.05, 4.69) is 0 Å². The standard InChI is InChI=1S/C52H32O/c1-2-13-35-29-37(24-23-33(35)11-1)39-26-28-43-42-27-25-38(31-49(42)53-50(43)32-39)36-15-9-16-40(30-36)51-45-18-5-7-20-47(45)52(48-21-8-6-19-46(48)51)44-22-10-14-34-12-3-4-17-41(34)44/h1-32H/i1D,2D,3D,4D,5D,6D,7D,8D,9D,10D,11D,12D,13D,14D,15D,16D,17D,18D,19D,20D,21D,22D,23D,24D,25D,26D,27D,28D,29D,30D,31D,32D. The average Bonchev–Trinajstić information content (AvgIpc) is 4.09. The highest BCUT2D eigenvalue weighted by atomic mass is 16.3. The van der Waals surface area contributed by atoms with Gasteiger partial charge in [0, 0.05) is 10.8 Å². The highest BCUT2D eigenvalue weighted by Gasteiger charge is 2.18. The molecule has 0 aliphatic rings. The van der Waals surface area contributed by atoms with Crippen LogP contribution in [0.2, 0.25) is 0 Å². The van der Waals surface area contributed by atoms with Gasteiger partial charge in [0.05, 0.1) is 43.9 Å². The Morgan fingerprint density at radius 1 is 0.283 bits per heavy atom. The molecular formula is C52H32O. The normalized spacial score (nSPS) is 20.2. The van der Waals surface area contributed by atoms with E-state index in [0.717, 1.165) is 0 Å². The van der Waals surface area contributed by atoms with Crippen LogP contribution in [-0.2, 0) is 0 Å². The van der Waals surface area contributed by atoms with Gasteiger partial charge in [-0.15, -0.1) is 0 Å². The van der Waals surface area contributed by atoms with Gasteiger partial charge in [0.15, 0.2) is 0 Å². The van der Waals surface area contributed by atoms with Crippen molar-refractivity contribution < 1.29 is 48.3 Å². The van der Waals surface area contributed by atoms with Crippen molar-refractivity contribution in [1.29, 1.82) is 0 Å². The Kier molecular flexibility index (Phi) is 2.68. The maximum absolute atomic E-state index is 9.96. The summed E-state index contributed by atoms with van der Waals surface area (Å²) >= 11 is 0. The molecule has 0 aliphatic carbocycles. The Morgan fingerprint density at radius 3 is 1.43 bits per heavy atom. The summed E-state index contributed by atoms with van der Waals surface area (Å²) in [5.74, 6) is 0. The van der Waals surface area contributed by atoms with Gasteiger partial charge >= 0.3 is 0 Å². The third-order valence-electron chi connectivity index (χ3n) is 8.57. The van der Waals surface area contributed by atoms with Crippen molar-refractivity contribution in [3.05, 3.63) is 193 Å². The molecule has 0 atom stereocenters. The molecular weight excluding hydrogens is 641 g/mol. The van der Waals surface area contributed by atoms with Crippen LogP contribution >= 0.6 is 0 Å². The van der Waals surface area contributed by atoms with Crippen LogP contribution in [0, 0.1) is 0 Å². The largest absolute Gasteiger partial charge is 0.456 e. The Balaban J connectivity index is 1.30.